The fourth-order valence-corrected chi connectivity index (χ4v) is 2.09. The molecule has 0 unspecified atom stereocenters. The highest BCUT2D eigenvalue weighted by Gasteiger charge is 2.38. The lowest BCUT2D eigenvalue weighted by Gasteiger charge is -2.10. The van der Waals surface area contributed by atoms with E-state index in [4.69, 9.17) is 9.47 Å². The summed E-state index contributed by atoms with van der Waals surface area (Å²) in [6.45, 7) is 3.82. The molecule has 0 aliphatic carbocycles. The van der Waals surface area contributed by atoms with Crippen LogP contribution in [-0.4, -0.2) is 25.2 Å². The molecule has 0 bridgehead atoms. The molecule has 2 rings (SSSR count). The van der Waals surface area contributed by atoms with E-state index in [-0.39, 0.29) is 30.2 Å². The Labute approximate surface area is 139 Å². The Bertz CT molecular complexity index is 641. The maximum absolute atomic E-state index is 12.1. The third-order valence-corrected chi connectivity index (χ3v) is 3.03. The third-order valence-electron chi connectivity index (χ3n) is 3.03. The van der Waals surface area contributed by atoms with E-state index in [2.05, 4.69) is 0 Å². The van der Waals surface area contributed by atoms with Gasteiger partial charge in [0.1, 0.15) is 0 Å². The zero-order chi connectivity index (χ0) is 15.2. The van der Waals surface area contributed by atoms with Gasteiger partial charge in [0.05, 0.1) is 13.2 Å². The number of rotatable bonds is 5. The van der Waals surface area contributed by atoms with Crippen molar-refractivity contribution in [3.8, 4) is 0 Å². The van der Waals surface area contributed by atoms with Gasteiger partial charge in [-0.05, 0) is 25.3 Å². The molecule has 0 radical (unpaired) electrons. The van der Waals surface area contributed by atoms with Gasteiger partial charge in [0.25, 0.3) is 0 Å². The van der Waals surface area contributed by atoms with Crippen LogP contribution in [0.4, 0.5) is 0 Å². The molecule has 0 spiro atoms. The van der Waals surface area contributed by atoms with Gasteiger partial charge in [-0.15, -0.1) is 0 Å². The van der Waals surface area contributed by atoms with Gasteiger partial charge in [-0.3, -0.25) is 0 Å². The number of benzene rings is 1. The van der Waals surface area contributed by atoms with Crippen molar-refractivity contribution in [2.45, 2.75) is 19.9 Å². The standard InChI is InChI=1S/C16H18NO4.BrH/c1-3-20-15(18)14(16(19)21-4-2)17-10-9-12-7-5-6-8-13(12)11-17;/h5-11,14H,3-4H2,1-2H3;1H/q+1;/p-1. The second kappa shape index (κ2) is 8.48. The van der Waals surface area contributed by atoms with Gasteiger partial charge >= 0.3 is 18.0 Å². The number of aromatic nitrogens is 1. The van der Waals surface area contributed by atoms with Gasteiger partial charge in [-0.2, -0.15) is 4.57 Å². The van der Waals surface area contributed by atoms with Gasteiger partial charge in [-0.1, -0.05) is 18.2 Å². The van der Waals surface area contributed by atoms with Crippen LogP contribution < -0.4 is 21.5 Å². The predicted octanol–water partition coefficient (Wildman–Crippen LogP) is -1.20. The third kappa shape index (κ3) is 4.04. The molecular formula is C16H18BrNO4. The zero-order valence-corrected chi connectivity index (χ0v) is 14.1. The summed E-state index contributed by atoms with van der Waals surface area (Å²) in [7, 11) is 0. The van der Waals surface area contributed by atoms with E-state index < -0.39 is 18.0 Å². The first-order chi connectivity index (χ1) is 10.2. The first kappa shape index (κ1) is 18.1. The maximum Gasteiger partial charge on any atom is 0.388 e. The number of fused-ring (bicyclic) bond motifs is 1. The van der Waals surface area contributed by atoms with Crippen LogP contribution in [0, 0.1) is 0 Å². The summed E-state index contributed by atoms with van der Waals surface area (Å²) < 4.78 is 11.5. The fourth-order valence-electron chi connectivity index (χ4n) is 2.09. The highest BCUT2D eigenvalue weighted by Crippen LogP contribution is 2.12. The normalized spacial score (nSPS) is 10.1. The Kier molecular flexibility index (Phi) is 6.98. The molecule has 6 heteroatoms. The first-order valence-corrected chi connectivity index (χ1v) is 6.90. The lowest BCUT2D eigenvalue weighted by molar-refractivity contribution is -0.698. The smallest absolute Gasteiger partial charge is 0.388 e. The lowest BCUT2D eigenvalue weighted by atomic mass is 10.1. The average Bonchev–Trinajstić information content (AvgIpc) is 2.48. The van der Waals surface area contributed by atoms with Crippen molar-refractivity contribution in [3.63, 3.8) is 0 Å². The van der Waals surface area contributed by atoms with E-state index in [9.17, 15) is 9.59 Å². The van der Waals surface area contributed by atoms with Crippen LogP contribution in [0.25, 0.3) is 10.8 Å². The van der Waals surface area contributed by atoms with Crippen molar-refractivity contribution >= 4 is 22.7 Å². The number of hydrogen-bond acceptors (Lipinski definition) is 4. The number of nitrogens with zero attached hydrogens (tertiary/aromatic N) is 1. The lowest BCUT2D eigenvalue weighted by Crippen LogP contribution is -3.00. The Morgan fingerprint density at radius 1 is 1.00 bits per heavy atom. The van der Waals surface area contributed by atoms with E-state index in [1.165, 1.54) is 4.57 Å². The number of pyridine rings is 1. The highest BCUT2D eigenvalue weighted by molar-refractivity contribution is 5.95. The van der Waals surface area contributed by atoms with E-state index in [0.717, 1.165) is 10.8 Å². The van der Waals surface area contributed by atoms with Crippen molar-refractivity contribution in [3.05, 3.63) is 42.7 Å². The molecule has 0 fully saturated rings. The Morgan fingerprint density at radius 3 is 2.09 bits per heavy atom. The van der Waals surface area contributed by atoms with Gasteiger partial charge in [0, 0.05) is 11.5 Å². The minimum Gasteiger partial charge on any atom is -1.00 e. The highest BCUT2D eigenvalue weighted by atomic mass is 79.9. The number of ether oxygens (including phenoxy) is 2. The van der Waals surface area contributed by atoms with Crippen molar-refractivity contribution < 1.29 is 40.6 Å². The monoisotopic (exact) mass is 367 g/mol. The minimum atomic E-state index is -1.12. The van der Waals surface area contributed by atoms with Gasteiger partial charge in [0.15, 0.2) is 12.4 Å². The number of halogens is 1. The first-order valence-electron chi connectivity index (χ1n) is 6.90. The van der Waals surface area contributed by atoms with Crippen LogP contribution in [-0.2, 0) is 19.1 Å². The molecule has 0 saturated carbocycles. The Morgan fingerprint density at radius 2 is 1.55 bits per heavy atom. The SMILES string of the molecule is CCOC(=O)C(C(=O)OCC)[n+]1ccc2ccccc2c1.[Br-]. The number of hydrogen-bond donors (Lipinski definition) is 0. The molecule has 0 aliphatic rings. The Balaban J connectivity index is 0.00000242. The van der Waals surface area contributed by atoms with Crippen molar-refractivity contribution in [1.82, 2.24) is 0 Å². The predicted molar refractivity (Wildman–Crippen MR) is 76.4 cm³/mol. The summed E-state index contributed by atoms with van der Waals surface area (Å²) in [5.74, 6) is -1.23. The quantitative estimate of drug-likeness (QED) is 0.378. The molecule has 5 nitrogen and oxygen atoms in total. The summed E-state index contributed by atoms with van der Waals surface area (Å²) in [6.07, 6.45) is 3.43. The fraction of sp³-hybridized carbons (Fsp3) is 0.312. The van der Waals surface area contributed by atoms with Crippen LogP contribution >= 0.6 is 0 Å². The summed E-state index contributed by atoms with van der Waals surface area (Å²) in [5.41, 5.74) is 0. The average molecular weight is 368 g/mol. The topological polar surface area (TPSA) is 56.5 Å². The molecule has 1 aromatic carbocycles. The van der Waals surface area contributed by atoms with E-state index in [1.807, 2.05) is 30.3 Å². The van der Waals surface area contributed by atoms with Gasteiger partial charge in [-0.25, -0.2) is 9.59 Å². The van der Waals surface area contributed by atoms with Crippen LogP contribution in [0.1, 0.15) is 19.9 Å². The minimum absolute atomic E-state index is 0. The van der Waals surface area contributed by atoms with E-state index in [1.54, 1.807) is 26.2 Å². The summed E-state index contributed by atoms with van der Waals surface area (Å²) in [4.78, 5) is 24.1. The van der Waals surface area contributed by atoms with Crippen molar-refractivity contribution in [2.75, 3.05) is 13.2 Å². The Hall–Kier alpha value is -1.95. The van der Waals surface area contributed by atoms with Gasteiger partial charge < -0.3 is 26.5 Å². The molecule has 1 heterocycles. The molecule has 22 heavy (non-hydrogen) atoms. The largest absolute Gasteiger partial charge is 1.00 e. The number of carbonyl (C=O) groups is 2. The molecule has 0 atom stereocenters. The molecular weight excluding hydrogens is 350 g/mol. The van der Waals surface area contributed by atoms with Crippen LogP contribution in [0.2, 0.25) is 0 Å². The van der Waals surface area contributed by atoms with Crippen LogP contribution in [0.3, 0.4) is 0 Å². The van der Waals surface area contributed by atoms with E-state index in [0.29, 0.717) is 0 Å². The molecule has 2 aromatic rings. The zero-order valence-electron chi connectivity index (χ0n) is 12.5. The molecule has 1 aromatic heterocycles. The summed E-state index contributed by atoms with van der Waals surface area (Å²) in [5, 5.41) is 1.96. The summed E-state index contributed by atoms with van der Waals surface area (Å²) >= 11 is 0. The molecule has 0 N–H and O–H groups in total. The van der Waals surface area contributed by atoms with E-state index >= 15 is 0 Å². The second-order valence-corrected chi connectivity index (χ2v) is 4.43. The number of esters is 2. The second-order valence-electron chi connectivity index (χ2n) is 4.43. The maximum atomic E-state index is 12.1. The van der Waals surface area contributed by atoms with Crippen molar-refractivity contribution in [2.24, 2.45) is 0 Å². The van der Waals surface area contributed by atoms with Crippen molar-refractivity contribution in [1.29, 1.82) is 0 Å². The van der Waals surface area contributed by atoms with Crippen LogP contribution in [0.5, 0.6) is 0 Å². The molecule has 0 amide bonds. The number of carbonyl (C=O) groups excluding carboxylic acids is 2. The molecule has 0 saturated heterocycles. The van der Waals surface area contributed by atoms with Crippen LogP contribution in [0.15, 0.2) is 42.7 Å². The molecule has 118 valence electrons. The molecule has 0 aliphatic heterocycles. The summed E-state index contributed by atoms with van der Waals surface area (Å²) in [6, 6.07) is 8.44. The van der Waals surface area contributed by atoms with Gasteiger partial charge in [0.2, 0.25) is 0 Å².